The summed E-state index contributed by atoms with van der Waals surface area (Å²) in [6.45, 7) is 7.49. The summed E-state index contributed by atoms with van der Waals surface area (Å²) >= 11 is 2.10. The van der Waals surface area contributed by atoms with E-state index >= 15 is 0 Å². The van der Waals surface area contributed by atoms with Crippen LogP contribution in [0.4, 0.5) is 0 Å². The van der Waals surface area contributed by atoms with E-state index in [9.17, 15) is 0 Å². The van der Waals surface area contributed by atoms with Gasteiger partial charge in [0.15, 0.2) is 0 Å². The summed E-state index contributed by atoms with van der Waals surface area (Å²) < 4.78 is 0. The van der Waals surface area contributed by atoms with Crippen LogP contribution >= 0.6 is 11.8 Å². The van der Waals surface area contributed by atoms with E-state index < -0.39 is 0 Å². The maximum Gasteiger partial charge on any atom is 0.0285 e. The molecule has 2 atom stereocenters. The predicted octanol–water partition coefficient (Wildman–Crippen LogP) is 1.42. The number of hydrogen-bond donors (Lipinski definition) is 1. The molecule has 0 radical (unpaired) electrons. The molecule has 1 N–H and O–H groups in total. The Morgan fingerprint density at radius 3 is 3.07 bits per heavy atom. The van der Waals surface area contributed by atoms with Crippen LogP contribution in [0.3, 0.4) is 0 Å². The molecule has 0 amide bonds. The minimum absolute atomic E-state index is 0.754. The smallest absolute Gasteiger partial charge is 0.0285 e. The van der Waals surface area contributed by atoms with Gasteiger partial charge < -0.3 is 10.2 Å². The van der Waals surface area contributed by atoms with Gasteiger partial charge in [0.2, 0.25) is 0 Å². The fourth-order valence-corrected chi connectivity index (χ4v) is 3.40. The van der Waals surface area contributed by atoms with Gasteiger partial charge in [0, 0.05) is 37.2 Å². The summed E-state index contributed by atoms with van der Waals surface area (Å²) in [6, 6.07) is 0.754. The fraction of sp³-hybridized carbons (Fsp3) is 1.00. The molecular weight excluding hydrogens is 192 g/mol. The van der Waals surface area contributed by atoms with Crippen LogP contribution < -0.4 is 5.32 Å². The average Bonchev–Trinajstić information content (AvgIpc) is 2.67. The molecule has 2 aliphatic heterocycles. The molecular formula is C11H22N2S. The van der Waals surface area contributed by atoms with Crippen molar-refractivity contribution in [1.29, 1.82) is 0 Å². The Morgan fingerprint density at radius 2 is 2.43 bits per heavy atom. The summed E-state index contributed by atoms with van der Waals surface area (Å²) in [4.78, 5) is 2.65. The fourth-order valence-electron chi connectivity index (χ4n) is 2.46. The van der Waals surface area contributed by atoms with Crippen molar-refractivity contribution in [2.24, 2.45) is 5.92 Å². The lowest BCUT2D eigenvalue weighted by molar-refractivity contribution is 0.289. The summed E-state index contributed by atoms with van der Waals surface area (Å²) in [7, 11) is 0. The van der Waals surface area contributed by atoms with Crippen LogP contribution in [-0.4, -0.2) is 48.6 Å². The van der Waals surface area contributed by atoms with Gasteiger partial charge in [-0.3, -0.25) is 0 Å². The summed E-state index contributed by atoms with van der Waals surface area (Å²) in [6.07, 6.45) is 2.79. The van der Waals surface area contributed by atoms with Gasteiger partial charge in [0.25, 0.3) is 0 Å². The molecule has 3 heteroatoms. The van der Waals surface area contributed by atoms with Gasteiger partial charge in [-0.1, -0.05) is 13.3 Å². The Bertz CT molecular complexity index is 169. The van der Waals surface area contributed by atoms with Crippen LogP contribution in [0.5, 0.6) is 0 Å². The largest absolute Gasteiger partial charge is 0.311 e. The highest BCUT2D eigenvalue weighted by Gasteiger charge is 2.23. The molecule has 0 aromatic heterocycles. The number of nitrogens with one attached hydrogen (secondary N) is 1. The molecule has 14 heavy (non-hydrogen) atoms. The molecule has 2 heterocycles. The van der Waals surface area contributed by atoms with Crippen molar-refractivity contribution in [3.63, 3.8) is 0 Å². The van der Waals surface area contributed by atoms with E-state index in [0.717, 1.165) is 12.0 Å². The van der Waals surface area contributed by atoms with E-state index in [1.165, 1.54) is 50.5 Å². The Labute approximate surface area is 91.8 Å². The van der Waals surface area contributed by atoms with E-state index in [1.54, 1.807) is 0 Å². The summed E-state index contributed by atoms with van der Waals surface area (Å²) in [5, 5.41) is 3.62. The summed E-state index contributed by atoms with van der Waals surface area (Å²) in [5.41, 5.74) is 0. The van der Waals surface area contributed by atoms with Crippen LogP contribution in [0.25, 0.3) is 0 Å². The molecule has 2 rings (SSSR count). The number of hydrogen-bond acceptors (Lipinski definition) is 3. The second kappa shape index (κ2) is 5.38. The zero-order valence-corrected chi connectivity index (χ0v) is 9.98. The first kappa shape index (κ1) is 10.8. The Morgan fingerprint density at radius 1 is 1.50 bits per heavy atom. The van der Waals surface area contributed by atoms with Gasteiger partial charge in [-0.05, 0) is 18.9 Å². The van der Waals surface area contributed by atoms with Gasteiger partial charge in [-0.25, -0.2) is 0 Å². The number of nitrogens with zero attached hydrogens (tertiary/aromatic N) is 1. The molecule has 2 fully saturated rings. The zero-order valence-electron chi connectivity index (χ0n) is 9.17. The standard InChI is InChI=1S/C11H22N2S/c1-2-10-3-5-13(7-10)8-11-9-14-6-4-12-11/h10-12H,2-9H2,1H3. The first-order valence-corrected chi connectivity index (χ1v) is 7.07. The van der Waals surface area contributed by atoms with E-state index in [1.807, 2.05) is 0 Å². The monoisotopic (exact) mass is 214 g/mol. The maximum atomic E-state index is 3.62. The van der Waals surface area contributed by atoms with Crippen LogP contribution in [0, 0.1) is 5.92 Å². The highest BCUT2D eigenvalue weighted by Crippen LogP contribution is 2.20. The molecule has 2 aliphatic rings. The lowest BCUT2D eigenvalue weighted by Gasteiger charge is -2.27. The van der Waals surface area contributed by atoms with Crippen LogP contribution in [0.15, 0.2) is 0 Å². The van der Waals surface area contributed by atoms with Crippen molar-refractivity contribution in [2.75, 3.05) is 37.7 Å². The van der Waals surface area contributed by atoms with Crippen LogP contribution in [0.2, 0.25) is 0 Å². The molecule has 0 aromatic rings. The SMILES string of the molecule is CCC1CCN(CC2CSCCN2)C1. The van der Waals surface area contributed by atoms with Gasteiger partial charge in [-0.2, -0.15) is 11.8 Å². The molecule has 2 nitrogen and oxygen atoms in total. The number of likely N-dealkylation sites (tertiary alicyclic amines) is 1. The Kier molecular flexibility index (Phi) is 4.14. The third kappa shape index (κ3) is 2.88. The third-order valence-corrected chi connectivity index (χ3v) is 4.56. The minimum atomic E-state index is 0.754. The van der Waals surface area contributed by atoms with Crippen LogP contribution in [-0.2, 0) is 0 Å². The second-order valence-corrected chi connectivity index (χ2v) is 5.70. The second-order valence-electron chi connectivity index (χ2n) is 4.55. The van der Waals surface area contributed by atoms with Crippen molar-refractivity contribution in [3.8, 4) is 0 Å². The lowest BCUT2D eigenvalue weighted by atomic mass is 10.1. The van der Waals surface area contributed by atoms with E-state index in [4.69, 9.17) is 0 Å². The molecule has 0 bridgehead atoms. The highest BCUT2D eigenvalue weighted by atomic mass is 32.2. The van der Waals surface area contributed by atoms with Crippen molar-refractivity contribution >= 4 is 11.8 Å². The third-order valence-electron chi connectivity index (χ3n) is 3.42. The van der Waals surface area contributed by atoms with E-state index in [2.05, 4.69) is 28.9 Å². The normalized spacial score (nSPS) is 34.9. The molecule has 82 valence electrons. The molecule has 2 saturated heterocycles. The number of thioether (sulfide) groups is 1. The highest BCUT2D eigenvalue weighted by molar-refractivity contribution is 7.99. The van der Waals surface area contributed by atoms with E-state index in [-0.39, 0.29) is 0 Å². The predicted molar refractivity (Wildman–Crippen MR) is 64.0 cm³/mol. The van der Waals surface area contributed by atoms with Crippen molar-refractivity contribution < 1.29 is 0 Å². The van der Waals surface area contributed by atoms with E-state index in [0.29, 0.717) is 0 Å². The van der Waals surface area contributed by atoms with Gasteiger partial charge in [0.1, 0.15) is 0 Å². The maximum absolute atomic E-state index is 3.62. The van der Waals surface area contributed by atoms with Crippen molar-refractivity contribution in [2.45, 2.75) is 25.8 Å². The first-order chi connectivity index (χ1) is 6.88. The molecule has 0 aromatic carbocycles. The topological polar surface area (TPSA) is 15.3 Å². The van der Waals surface area contributed by atoms with Gasteiger partial charge in [0.05, 0.1) is 0 Å². The Hall–Kier alpha value is 0.270. The lowest BCUT2D eigenvalue weighted by Crippen LogP contribution is -2.45. The molecule has 2 unspecified atom stereocenters. The Balaban J connectivity index is 1.69. The first-order valence-electron chi connectivity index (χ1n) is 5.92. The molecule has 0 saturated carbocycles. The molecule has 0 aliphatic carbocycles. The van der Waals surface area contributed by atoms with Gasteiger partial charge >= 0.3 is 0 Å². The summed E-state index contributed by atoms with van der Waals surface area (Å²) in [5.74, 6) is 3.59. The zero-order chi connectivity index (χ0) is 9.80. The van der Waals surface area contributed by atoms with Crippen molar-refractivity contribution in [1.82, 2.24) is 10.2 Å². The molecule has 0 spiro atoms. The van der Waals surface area contributed by atoms with Gasteiger partial charge in [-0.15, -0.1) is 0 Å². The number of rotatable bonds is 3. The van der Waals surface area contributed by atoms with Crippen LogP contribution in [0.1, 0.15) is 19.8 Å². The quantitative estimate of drug-likeness (QED) is 0.765. The minimum Gasteiger partial charge on any atom is -0.311 e. The average molecular weight is 214 g/mol. The van der Waals surface area contributed by atoms with Crippen molar-refractivity contribution in [3.05, 3.63) is 0 Å².